The lowest BCUT2D eigenvalue weighted by Gasteiger charge is -2.24. The Morgan fingerprint density at radius 1 is 1.28 bits per heavy atom. The highest BCUT2D eigenvalue weighted by molar-refractivity contribution is 5.79. The predicted molar refractivity (Wildman–Crippen MR) is 96.0 cm³/mol. The van der Waals surface area contributed by atoms with Crippen molar-refractivity contribution in [2.45, 2.75) is 31.8 Å². The lowest BCUT2D eigenvalue weighted by molar-refractivity contribution is -0.131. The van der Waals surface area contributed by atoms with E-state index in [2.05, 4.69) is 25.6 Å². The van der Waals surface area contributed by atoms with E-state index >= 15 is 0 Å². The molecule has 0 unspecified atom stereocenters. The van der Waals surface area contributed by atoms with Crippen LogP contribution in [0.3, 0.4) is 0 Å². The van der Waals surface area contributed by atoms with Crippen LogP contribution in [0.2, 0.25) is 0 Å². The van der Waals surface area contributed by atoms with Gasteiger partial charge >= 0.3 is 0 Å². The van der Waals surface area contributed by atoms with Crippen LogP contribution in [0.5, 0.6) is 0 Å². The van der Waals surface area contributed by atoms with Crippen LogP contribution >= 0.6 is 0 Å². The molecule has 1 atom stereocenters. The molecule has 1 fully saturated rings. The van der Waals surface area contributed by atoms with Crippen molar-refractivity contribution in [1.82, 2.24) is 25.2 Å². The number of nitrogens with zero attached hydrogens (tertiary/aromatic N) is 4. The molecule has 132 valence electrons. The van der Waals surface area contributed by atoms with Crippen LogP contribution in [-0.2, 0) is 17.8 Å². The quantitative estimate of drug-likeness (QED) is 0.830. The topological polar surface area (TPSA) is 83.0 Å². The van der Waals surface area contributed by atoms with Crippen molar-refractivity contribution in [3.05, 3.63) is 47.7 Å². The number of carbonyl (C=O) groups excluding carboxylic acids is 1. The number of amides is 1. The lowest BCUT2D eigenvalue weighted by Crippen LogP contribution is -2.33. The number of pyridine rings is 1. The highest BCUT2D eigenvalue weighted by atomic mass is 16.2. The molecule has 2 N–H and O–H groups in total. The van der Waals surface area contributed by atoms with Gasteiger partial charge in [-0.25, -0.2) is 9.97 Å². The maximum Gasteiger partial charge on any atom is 0.229 e. The van der Waals surface area contributed by atoms with Gasteiger partial charge in [0.25, 0.3) is 0 Å². The molecule has 0 radical (unpaired) electrons. The summed E-state index contributed by atoms with van der Waals surface area (Å²) < 4.78 is 0. The minimum absolute atomic E-state index is 0.0693. The van der Waals surface area contributed by atoms with Gasteiger partial charge in [0.2, 0.25) is 5.91 Å². The number of anilines is 1. The lowest BCUT2D eigenvalue weighted by atomic mass is 10.1. The van der Waals surface area contributed by atoms with E-state index in [4.69, 9.17) is 0 Å². The van der Waals surface area contributed by atoms with E-state index in [-0.39, 0.29) is 11.9 Å². The van der Waals surface area contributed by atoms with Crippen molar-refractivity contribution in [3.8, 4) is 0 Å². The Balaban J connectivity index is 1.81. The number of aromatic nitrogens is 3. The third kappa shape index (κ3) is 4.11. The van der Waals surface area contributed by atoms with Gasteiger partial charge < -0.3 is 15.5 Å². The normalized spacial score (nSPS) is 16.9. The second-order valence-corrected chi connectivity index (χ2v) is 6.13. The van der Waals surface area contributed by atoms with Crippen LogP contribution in [0.4, 0.5) is 5.82 Å². The fraction of sp³-hybridized carbons (Fsp3) is 0.444. The summed E-state index contributed by atoms with van der Waals surface area (Å²) in [6.45, 7) is 1.41. The summed E-state index contributed by atoms with van der Waals surface area (Å²) in [5.41, 5.74) is 1.71. The first-order valence-electron chi connectivity index (χ1n) is 8.61. The molecule has 0 spiro atoms. The van der Waals surface area contributed by atoms with Crippen molar-refractivity contribution in [2.24, 2.45) is 0 Å². The SMILES string of the molecule is CNCc1cc(NC)nc([C@H]2CCCN2C(=O)Cc2ccccn2)n1. The Morgan fingerprint density at radius 3 is 2.88 bits per heavy atom. The first-order valence-corrected chi connectivity index (χ1v) is 8.61. The second kappa shape index (κ2) is 8.02. The van der Waals surface area contributed by atoms with Crippen LogP contribution < -0.4 is 10.6 Å². The van der Waals surface area contributed by atoms with Gasteiger partial charge in [-0.05, 0) is 32.0 Å². The first kappa shape index (κ1) is 17.3. The van der Waals surface area contributed by atoms with E-state index in [1.165, 1.54) is 0 Å². The molecule has 2 aromatic rings. The van der Waals surface area contributed by atoms with Crippen molar-refractivity contribution < 1.29 is 4.79 Å². The Labute approximate surface area is 147 Å². The molecular weight excluding hydrogens is 316 g/mol. The third-order valence-corrected chi connectivity index (χ3v) is 4.34. The number of nitrogens with one attached hydrogen (secondary N) is 2. The minimum Gasteiger partial charge on any atom is -0.373 e. The van der Waals surface area contributed by atoms with Gasteiger partial charge in [-0.3, -0.25) is 9.78 Å². The molecule has 0 bridgehead atoms. The van der Waals surface area contributed by atoms with Crippen LogP contribution in [-0.4, -0.2) is 46.4 Å². The van der Waals surface area contributed by atoms with Crippen LogP contribution in [0.25, 0.3) is 0 Å². The molecule has 3 rings (SSSR count). The van der Waals surface area contributed by atoms with Crippen molar-refractivity contribution in [1.29, 1.82) is 0 Å². The number of hydrogen-bond donors (Lipinski definition) is 2. The van der Waals surface area contributed by atoms with Gasteiger partial charge in [0.1, 0.15) is 5.82 Å². The standard InChI is InChI=1S/C18H24N6O/c1-19-12-14-10-16(20-2)23-18(22-14)15-7-5-9-24(15)17(25)11-13-6-3-4-8-21-13/h3-4,6,8,10,15,19H,5,7,9,11-12H2,1-2H3,(H,20,22,23)/t15-/m1/s1. The van der Waals surface area contributed by atoms with Gasteiger partial charge in [-0.1, -0.05) is 6.07 Å². The molecule has 7 nitrogen and oxygen atoms in total. The summed E-state index contributed by atoms with van der Waals surface area (Å²) in [5.74, 6) is 1.57. The van der Waals surface area contributed by atoms with Crippen LogP contribution in [0.15, 0.2) is 30.5 Å². The highest BCUT2D eigenvalue weighted by Gasteiger charge is 2.32. The summed E-state index contributed by atoms with van der Waals surface area (Å²) in [6.07, 6.45) is 3.88. The number of carbonyl (C=O) groups is 1. The summed E-state index contributed by atoms with van der Waals surface area (Å²) in [4.78, 5) is 28.2. The van der Waals surface area contributed by atoms with Gasteiger partial charge in [-0.2, -0.15) is 0 Å². The minimum atomic E-state index is -0.0693. The van der Waals surface area contributed by atoms with Crippen molar-refractivity contribution in [3.63, 3.8) is 0 Å². The smallest absolute Gasteiger partial charge is 0.229 e. The average Bonchev–Trinajstić information content (AvgIpc) is 3.12. The van der Waals surface area contributed by atoms with Crippen LogP contribution in [0, 0.1) is 0 Å². The van der Waals surface area contributed by atoms with E-state index in [0.29, 0.717) is 18.8 Å². The molecule has 7 heteroatoms. The molecule has 1 amide bonds. The Kier molecular flexibility index (Phi) is 5.55. The largest absolute Gasteiger partial charge is 0.373 e. The van der Waals surface area contributed by atoms with Gasteiger partial charge in [-0.15, -0.1) is 0 Å². The fourth-order valence-corrected chi connectivity index (χ4v) is 3.16. The zero-order valence-corrected chi connectivity index (χ0v) is 14.7. The maximum absolute atomic E-state index is 12.8. The Morgan fingerprint density at radius 2 is 2.16 bits per heavy atom. The molecule has 3 heterocycles. The molecule has 0 aliphatic carbocycles. The molecule has 1 saturated heterocycles. The predicted octanol–water partition coefficient (Wildman–Crippen LogP) is 1.54. The molecular formula is C18H24N6O. The van der Waals surface area contributed by atoms with Crippen molar-refractivity contribution in [2.75, 3.05) is 26.0 Å². The molecule has 0 saturated carbocycles. The molecule has 1 aliphatic rings. The summed E-state index contributed by atoms with van der Waals surface area (Å²) in [7, 11) is 3.73. The Hall–Kier alpha value is -2.54. The van der Waals surface area contributed by atoms with Gasteiger partial charge in [0, 0.05) is 38.1 Å². The Bertz CT molecular complexity index is 721. The second-order valence-electron chi connectivity index (χ2n) is 6.13. The summed E-state index contributed by atoms with van der Waals surface area (Å²) in [5, 5.41) is 6.19. The molecule has 1 aliphatic heterocycles. The zero-order chi connectivity index (χ0) is 17.6. The fourth-order valence-electron chi connectivity index (χ4n) is 3.16. The van der Waals surface area contributed by atoms with Crippen LogP contribution in [0.1, 0.15) is 36.1 Å². The van der Waals surface area contributed by atoms with E-state index in [1.54, 1.807) is 6.20 Å². The maximum atomic E-state index is 12.8. The molecule has 2 aromatic heterocycles. The van der Waals surface area contributed by atoms with Crippen molar-refractivity contribution >= 4 is 11.7 Å². The first-order chi connectivity index (χ1) is 12.2. The van der Waals surface area contributed by atoms with E-state index in [0.717, 1.165) is 36.6 Å². The number of likely N-dealkylation sites (tertiary alicyclic amines) is 1. The molecule has 25 heavy (non-hydrogen) atoms. The van der Waals surface area contributed by atoms with Gasteiger partial charge in [0.05, 0.1) is 18.2 Å². The van der Waals surface area contributed by atoms with E-state index in [9.17, 15) is 4.79 Å². The summed E-state index contributed by atoms with van der Waals surface area (Å²) >= 11 is 0. The summed E-state index contributed by atoms with van der Waals surface area (Å²) in [6, 6.07) is 7.49. The highest BCUT2D eigenvalue weighted by Crippen LogP contribution is 2.31. The number of rotatable bonds is 6. The van der Waals surface area contributed by atoms with E-state index in [1.807, 2.05) is 43.3 Å². The molecule has 0 aromatic carbocycles. The number of hydrogen-bond acceptors (Lipinski definition) is 6. The third-order valence-electron chi connectivity index (χ3n) is 4.34. The zero-order valence-electron chi connectivity index (χ0n) is 14.7. The van der Waals surface area contributed by atoms with E-state index < -0.39 is 0 Å². The van der Waals surface area contributed by atoms with Gasteiger partial charge in [0.15, 0.2) is 5.82 Å². The monoisotopic (exact) mass is 340 g/mol. The average molecular weight is 340 g/mol.